The summed E-state index contributed by atoms with van der Waals surface area (Å²) in [4.78, 5) is 10.9. The molecular formula is C11H14N2O2. The highest BCUT2D eigenvalue weighted by molar-refractivity contribution is 5.89. The lowest BCUT2D eigenvalue weighted by atomic mass is 10.2. The van der Waals surface area contributed by atoms with Crippen LogP contribution in [0.3, 0.4) is 0 Å². The van der Waals surface area contributed by atoms with Gasteiger partial charge in [0.25, 0.3) is 0 Å². The largest absolute Gasteiger partial charge is 0.378 e. The van der Waals surface area contributed by atoms with Crippen LogP contribution in [0.25, 0.3) is 0 Å². The van der Waals surface area contributed by atoms with Gasteiger partial charge in [-0.2, -0.15) is 0 Å². The van der Waals surface area contributed by atoms with Crippen molar-refractivity contribution in [1.82, 2.24) is 0 Å². The molecule has 15 heavy (non-hydrogen) atoms. The minimum atomic E-state index is -0.0564. The van der Waals surface area contributed by atoms with Crippen molar-refractivity contribution in [1.29, 1.82) is 0 Å². The first-order chi connectivity index (χ1) is 7.24. The SMILES string of the molecule is CC(=O)Nc1cccc(NC2COC2)c1. The van der Waals surface area contributed by atoms with Gasteiger partial charge in [-0.05, 0) is 18.2 Å². The number of hydrogen-bond acceptors (Lipinski definition) is 3. The lowest BCUT2D eigenvalue weighted by Crippen LogP contribution is -2.40. The third kappa shape index (κ3) is 2.70. The van der Waals surface area contributed by atoms with E-state index in [1.807, 2.05) is 24.3 Å². The van der Waals surface area contributed by atoms with Gasteiger partial charge in [-0.1, -0.05) is 6.07 Å². The Hall–Kier alpha value is -1.55. The van der Waals surface area contributed by atoms with E-state index in [2.05, 4.69) is 10.6 Å². The molecular weight excluding hydrogens is 192 g/mol. The number of rotatable bonds is 3. The predicted octanol–water partition coefficient (Wildman–Crippen LogP) is 1.46. The number of ether oxygens (including phenoxy) is 1. The fraction of sp³-hybridized carbons (Fsp3) is 0.364. The molecule has 0 aliphatic carbocycles. The van der Waals surface area contributed by atoms with Crippen molar-refractivity contribution >= 4 is 17.3 Å². The molecule has 0 aromatic heterocycles. The number of amides is 1. The van der Waals surface area contributed by atoms with Gasteiger partial charge in [0.2, 0.25) is 5.91 Å². The second-order valence-corrected chi connectivity index (χ2v) is 3.64. The summed E-state index contributed by atoms with van der Waals surface area (Å²) in [6.45, 7) is 3.01. The molecule has 80 valence electrons. The van der Waals surface area contributed by atoms with Crippen LogP contribution < -0.4 is 10.6 Å². The van der Waals surface area contributed by atoms with Crippen LogP contribution in [0.4, 0.5) is 11.4 Å². The van der Waals surface area contributed by atoms with Gasteiger partial charge in [0, 0.05) is 18.3 Å². The molecule has 1 aliphatic heterocycles. The summed E-state index contributed by atoms with van der Waals surface area (Å²) in [5.74, 6) is -0.0564. The molecule has 1 amide bonds. The van der Waals surface area contributed by atoms with E-state index in [-0.39, 0.29) is 5.91 Å². The van der Waals surface area contributed by atoms with Gasteiger partial charge in [-0.25, -0.2) is 0 Å². The number of anilines is 2. The second kappa shape index (κ2) is 4.31. The van der Waals surface area contributed by atoms with Gasteiger partial charge >= 0.3 is 0 Å². The Morgan fingerprint density at radius 1 is 1.40 bits per heavy atom. The maximum absolute atomic E-state index is 10.9. The van der Waals surface area contributed by atoms with Crippen LogP contribution in [0.15, 0.2) is 24.3 Å². The van der Waals surface area contributed by atoms with Crippen LogP contribution in [-0.2, 0) is 9.53 Å². The summed E-state index contributed by atoms with van der Waals surface area (Å²) >= 11 is 0. The van der Waals surface area contributed by atoms with Crippen LogP contribution >= 0.6 is 0 Å². The summed E-state index contributed by atoms with van der Waals surface area (Å²) in [6, 6.07) is 8.07. The predicted molar refractivity (Wildman–Crippen MR) is 59.0 cm³/mol. The van der Waals surface area contributed by atoms with E-state index >= 15 is 0 Å². The number of hydrogen-bond donors (Lipinski definition) is 2. The number of carbonyl (C=O) groups is 1. The van der Waals surface area contributed by atoms with E-state index in [9.17, 15) is 4.79 Å². The van der Waals surface area contributed by atoms with Gasteiger partial charge in [-0.15, -0.1) is 0 Å². The first-order valence-corrected chi connectivity index (χ1v) is 4.96. The minimum absolute atomic E-state index is 0.0564. The average molecular weight is 206 g/mol. The molecule has 1 aliphatic rings. The van der Waals surface area contributed by atoms with Crippen molar-refractivity contribution in [2.75, 3.05) is 23.8 Å². The smallest absolute Gasteiger partial charge is 0.221 e. The van der Waals surface area contributed by atoms with Gasteiger partial charge in [0.05, 0.1) is 19.3 Å². The summed E-state index contributed by atoms with van der Waals surface area (Å²) in [6.07, 6.45) is 0. The van der Waals surface area contributed by atoms with Crippen molar-refractivity contribution in [2.24, 2.45) is 0 Å². The normalized spacial score (nSPS) is 15.5. The molecule has 0 unspecified atom stereocenters. The highest BCUT2D eigenvalue weighted by atomic mass is 16.5. The standard InChI is InChI=1S/C11H14N2O2/c1-8(14)12-9-3-2-4-10(5-9)13-11-6-15-7-11/h2-5,11,13H,6-7H2,1H3,(H,12,14). The Morgan fingerprint density at radius 2 is 2.13 bits per heavy atom. The van der Waals surface area contributed by atoms with E-state index < -0.39 is 0 Å². The van der Waals surface area contributed by atoms with Crippen LogP contribution in [0, 0.1) is 0 Å². The molecule has 0 spiro atoms. The van der Waals surface area contributed by atoms with Crippen molar-refractivity contribution in [3.8, 4) is 0 Å². The molecule has 1 fully saturated rings. The fourth-order valence-corrected chi connectivity index (χ4v) is 1.44. The quantitative estimate of drug-likeness (QED) is 0.787. The van der Waals surface area contributed by atoms with E-state index in [4.69, 9.17) is 4.74 Å². The molecule has 4 nitrogen and oxygen atoms in total. The zero-order chi connectivity index (χ0) is 10.7. The molecule has 4 heteroatoms. The number of benzene rings is 1. The Bertz CT molecular complexity index is 361. The van der Waals surface area contributed by atoms with Crippen LogP contribution in [0.2, 0.25) is 0 Å². The van der Waals surface area contributed by atoms with Gasteiger partial charge in [0.1, 0.15) is 0 Å². The lowest BCUT2D eigenvalue weighted by Gasteiger charge is -2.27. The van der Waals surface area contributed by atoms with Crippen LogP contribution in [0.1, 0.15) is 6.92 Å². The fourth-order valence-electron chi connectivity index (χ4n) is 1.44. The molecule has 1 saturated heterocycles. The number of carbonyl (C=O) groups excluding carboxylic acids is 1. The molecule has 0 saturated carbocycles. The van der Waals surface area contributed by atoms with Crippen molar-refractivity contribution in [2.45, 2.75) is 13.0 Å². The molecule has 2 N–H and O–H groups in total. The molecule has 0 atom stereocenters. The van der Waals surface area contributed by atoms with Gasteiger partial charge in [-0.3, -0.25) is 4.79 Å². The van der Waals surface area contributed by atoms with E-state index in [1.165, 1.54) is 6.92 Å². The van der Waals surface area contributed by atoms with Gasteiger partial charge < -0.3 is 15.4 Å². The molecule has 1 aromatic rings. The maximum Gasteiger partial charge on any atom is 0.221 e. The van der Waals surface area contributed by atoms with Crippen molar-refractivity contribution in [3.05, 3.63) is 24.3 Å². The van der Waals surface area contributed by atoms with Gasteiger partial charge in [0.15, 0.2) is 0 Å². The minimum Gasteiger partial charge on any atom is -0.378 e. The van der Waals surface area contributed by atoms with Crippen LogP contribution in [-0.4, -0.2) is 25.2 Å². The summed E-state index contributed by atoms with van der Waals surface area (Å²) in [7, 11) is 0. The Morgan fingerprint density at radius 3 is 2.73 bits per heavy atom. The zero-order valence-corrected chi connectivity index (χ0v) is 8.62. The Balaban J connectivity index is 2.00. The lowest BCUT2D eigenvalue weighted by molar-refractivity contribution is -0.114. The van der Waals surface area contributed by atoms with Crippen molar-refractivity contribution in [3.63, 3.8) is 0 Å². The highest BCUT2D eigenvalue weighted by Crippen LogP contribution is 2.17. The molecule has 2 rings (SSSR count). The second-order valence-electron chi connectivity index (χ2n) is 3.64. The van der Waals surface area contributed by atoms with E-state index in [0.29, 0.717) is 6.04 Å². The first-order valence-electron chi connectivity index (χ1n) is 4.96. The van der Waals surface area contributed by atoms with Crippen LogP contribution in [0.5, 0.6) is 0 Å². The Labute approximate surface area is 88.6 Å². The average Bonchev–Trinajstić information content (AvgIpc) is 2.11. The Kier molecular flexibility index (Phi) is 2.87. The number of nitrogens with one attached hydrogen (secondary N) is 2. The molecule has 0 bridgehead atoms. The summed E-state index contributed by atoms with van der Waals surface area (Å²) < 4.78 is 5.07. The molecule has 0 radical (unpaired) electrons. The summed E-state index contributed by atoms with van der Waals surface area (Å²) in [5, 5.41) is 6.06. The highest BCUT2D eigenvalue weighted by Gasteiger charge is 2.17. The zero-order valence-electron chi connectivity index (χ0n) is 8.62. The third-order valence-corrected chi connectivity index (χ3v) is 2.19. The van der Waals surface area contributed by atoms with Crippen molar-refractivity contribution < 1.29 is 9.53 Å². The topological polar surface area (TPSA) is 50.4 Å². The molecule has 1 aromatic carbocycles. The monoisotopic (exact) mass is 206 g/mol. The van der Waals surface area contributed by atoms with E-state index in [0.717, 1.165) is 24.6 Å². The maximum atomic E-state index is 10.9. The third-order valence-electron chi connectivity index (χ3n) is 2.19. The first kappa shape index (κ1) is 9.98. The van der Waals surface area contributed by atoms with E-state index in [1.54, 1.807) is 0 Å². The summed E-state index contributed by atoms with van der Waals surface area (Å²) in [5.41, 5.74) is 1.82. The molecule has 1 heterocycles.